The van der Waals surface area contributed by atoms with E-state index in [-0.39, 0.29) is 11.8 Å². The molecule has 6 heteroatoms. The van der Waals surface area contributed by atoms with Crippen molar-refractivity contribution < 1.29 is 14.7 Å². The van der Waals surface area contributed by atoms with E-state index in [1.54, 1.807) is 31.8 Å². The van der Waals surface area contributed by atoms with Gasteiger partial charge in [-0.2, -0.15) is 11.8 Å². The molecule has 0 bridgehead atoms. The van der Waals surface area contributed by atoms with E-state index in [9.17, 15) is 9.59 Å². The first-order chi connectivity index (χ1) is 9.50. The van der Waals surface area contributed by atoms with Crippen molar-refractivity contribution in [2.45, 2.75) is 32.1 Å². The van der Waals surface area contributed by atoms with Gasteiger partial charge in [-0.1, -0.05) is 19.9 Å². The Morgan fingerprint density at radius 2 is 2.15 bits per heavy atom. The quantitative estimate of drug-likeness (QED) is 0.717. The number of carboxylic acids is 1. The summed E-state index contributed by atoms with van der Waals surface area (Å²) < 4.78 is 0. The van der Waals surface area contributed by atoms with Crippen LogP contribution in [0.1, 0.15) is 26.0 Å². The summed E-state index contributed by atoms with van der Waals surface area (Å²) in [6.45, 7) is 3.55. The van der Waals surface area contributed by atoms with Crippen molar-refractivity contribution in [1.82, 2.24) is 10.3 Å². The second-order valence-electron chi connectivity index (χ2n) is 4.75. The summed E-state index contributed by atoms with van der Waals surface area (Å²) in [5.74, 6) is 0.0553. The van der Waals surface area contributed by atoms with Gasteiger partial charge < -0.3 is 10.4 Å². The van der Waals surface area contributed by atoms with Crippen molar-refractivity contribution in [2.24, 2.45) is 5.92 Å². The standard InChI is InChI=1S/C14H20N2O3S/c1-10(2)13(14(18)19)16-12(17)6-8-20-9-11-5-3-4-7-15-11/h3-5,7,10,13H,6,8-9H2,1-2H3,(H,16,17)(H,18,19)/t13-/m0/s1. The van der Waals surface area contributed by atoms with Gasteiger partial charge in [-0.05, 0) is 18.1 Å². The van der Waals surface area contributed by atoms with Crippen LogP contribution in [0.4, 0.5) is 0 Å². The molecule has 1 atom stereocenters. The first kappa shape index (κ1) is 16.5. The Hall–Kier alpha value is -1.56. The minimum Gasteiger partial charge on any atom is -0.480 e. The van der Waals surface area contributed by atoms with Crippen LogP contribution in [-0.2, 0) is 15.3 Å². The smallest absolute Gasteiger partial charge is 0.326 e. The zero-order chi connectivity index (χ0) is 15.0. The molecule has 0 aliphatic heterocycles. The molecular weight excluding hydrogens is 276 g/mol. The molecule has 0 aliphatic carbocycles. The summed E-state index contributed by atoms with van der Waals surface area (Å²) in [6.07, 6.45) is 2.05. The van der Waals surface area contributed by atoms with Crippen LogP contribution in [0.2, 0.25) is 0 Å². The van der Waals surface area contributed by atoms with E-state index in [4.69, 9.17) is 5.11 Å². The summed E-state index contributed by atoms with van der Waals surface area (Å²) in [5, 5.41) is 11.5. The highest BCUT2D eigenvalue weighted by molar-refractivity contribution is 7.98. The van der Waals surface area contributed by atoms with E-state index in [0.29, 0.717) is 12.2 Å². The molecule has 0 fully saturated rings. The second-order valence-corrected chi connectivity index (χ2v) is 5.86. The Bertz CT molecular complexity index is 437. The van der Waals surface area contributed by atoms with Gasteiger partial charge in [-0.3, -0.25) is 9.78 Å². The fourth-order valence-electron chi connectivity index (χ4n) is 1.58. The number of hydrogen-bond acceptors (Lipinski definition) is 4. The molecule has 110 valence electrons. The zero-order valence-electron chi connectivity index (χ0n) is 11.7. The molecule has 1 aromatic rings. The van der Waals surface area contributed by atoms with Crippen molar-refractivity contribution in [3.05, 3.63) is 30.1 Å². The number of aliphatic carboxylic acids is 1. The lowest BCUT2D eigenvalue weighted by Crippen LogP contribution is -2.44. The van der Waals surface area contributed by atoms with Gasteiger partial charge in [0.05, 0.1) is 5.69 Å². The maximum absolute atomic E-state index is 11.7. The van der Waals surface area contributed by atoms with Crippen molar-refractivity contribution in [3.63, 3.8) is 0 Å². The first-order valence-corrected chi connectivity index (χ1v) is 7.66. The molecular formula is C14H20N2O3S. The molecule has 0 aliphatic rings. The van der Waals surface area contributed by atoms with Gasteiger partial charge in [0.2, 0.25) is 5.91 Å². The fraction of sp³-hybridized carbons (Fsp3) is 0.500. The van der Waals surface area contributed by atoms with Gasteiger partial charge in [0, 0.05) is 24.1 Å². The Morgan fingerprint density at radius 1 is 1.40 bits per heavy atom. The monoisotopic (exact) mass is 296 g/mol. The molecule has 20 heavy (non-hydrogen) atoms. The number of rotatable bonds is 8. The van der Waals surface area contributed by atoms with Crippen LogP contribution in [0.25, 0.3) is 0 Å². The molecule has 0 unspecified atom stereocenters. The maximum atomic E-state index is 11.7. The van der Waals surface area contributed by atoms with Crippen LogP contribution < -0.4 is 5.32 Å². The lowest BCUT2D eigenvalue weighted by molar-refractivity contribution is -0.143. The van der Waals surface area contributed by atoms with Crippen LogP contribution in [0.15, 0.2) is 24.4 Å². The van der Waals surface area contributed by atoms with Crippen LogP contribution in [-0.4, -0.2) is 33.8 Å². The number of pyridine rings is 1. The Morgan fingerprint density at radius 3 is 2.70 bits per heavy atom. The molecule has 1 amide bonds. The van der Waals surface area contributed by atoms with Gasteiger partial charge in [0.15, 0.2) is 0 Å². The number of nitrogens with zero attached hydrogens (tertiary/aromatic N) is 1. The lowest BCUT2D eigenvalue weighted by Gasteiger charge is -2.17. The third-order valence-corrected chi connectivity index (χ3v) is 3.69. The second kappa shape index (κ2) is 8.58. The number of carboxylic acid groups (broad SMARTS) is 1. The maximum Gasteiger partial charge on any atom is 0.326 e. The highest BCUT2D eigenvalue weighted by Crippen LogP contribution is 2.11. The molecule has 2 N–H and O–H groups in total. The largest absolute Gasteiger partial charge is 0.480 e. The topological polar surface area (TPSA) is 79.3 Å². The van der Waals surface area contributed by atoms with Crippen LogP contribution >= 0.6 is 11.8 Å². The van der Waals surface area contributed by atoms with Crippen molar-refractivity contribution in [1.29, 1.82) is 0 Å². The molecule has 0 spiro atoms. The summed E-state index contributed by atoms with van der Waals surface area (Å²) in [4.78, 5) is 26.8. The average Bonchev–Trinajstić information content (AvgIpc) is 2.41. The Labute approximate surface area is 123 Å². The number of aromatic nitrogens is 1. The molecule has 1 rings (SSSR count). The first-order valence-electron chi connectivity index (χ1n) is 6.50. The minimum atomic E-state index is -0.991. The van der Waals surface area contributed by atoms with E-state index in [1.165, 1.54) is 0 Å². The van der Waals surface area contributed by atoms with E-state index < -0.39 is 12.0 Å². The van der Waals surface area contributed by atoms with Gasteiger partial charge >= 0.3 is 5.97 Å². The third kappa shape index (κ3) is 6.06. The van der Waals surface area contributed by atoms with Gasteiger partial charge in [-0.15, -0.1) is 0 Å². The highest BCUT2D eigenvalue weighted by atomic mass is 32.2. The summed E-state index contributed by atoms with van der Waals surface area (Å²) >= 11 is 1.61. The normalized spacial score (nSPS) is 12.2. The number of carbonyl (C=O) groups is 2. The molecule has 1 heterocycles. The highest BCUT2D eigenvalue weighted by Gasteiger charge is 2.22. The number of nitrogens with one attached hydrogen (secondary N) is 1. The van der Waals surface area contributed by atoms with Crippen molar-refractivity contribution >= 4 is 23.6 Å². The Balaban J connectivity index is 2.24. The number of amides is 1. The number of thioether (sulfide) groups is 1. The molecule has 0 saturated heterocycles. The van der Waals surface area contributed by atoms with Crippen LogP contribution in [0.3, 0.4) is 0 Å². The summed E-state index contributed by atoms with van der Waals surface area (Å²) in [7, 11) is 0. The zero-order valence-corrected chi connectivity index (χ0v) is 12.5. The molecule has 5 nitrogen and oxygen atoms in total. The summed E-state index contributed by atoms with van der Waals surface area (Å²) in [6, 6.07) is 4.91. The predicted molar refractivity (Wildman–Crippen MR) is 79.4 cm³/mol. The predicted octanol–water partition coefficient (Wildman–Crippen LogP) is 1.93. The number of carbonyl (C=O) groups excluding carboxylic acids is 1. The Kier molecular flexibility index (Phi) is 7.08. The van der Waals surface area contributed by atoms with E-state index in [1.807, 2.05) is 18.2 Å². The van der Waals surface area contributed by atoms with Crippen LogP contribution in [0, 0.1) is 5.92 Å². The van der Waals surface area contributed by atoms with E-state index in [0.717, 1.165) is 11.4 Å². The van der Waals surface area contributed by atoms with Crippen molar-refractivity contribution in [2.75, 3.05) is 5.75 Å². The van der Waals surface area contributed by atoms with Gasteiger partial charge in [0.1, 0.15) is 6.04 Å². The van der Waals surface area contributed by atoms with Crippen molar-refractivity contribution in [3.8, 4) is 0 Å². The molecule has 0 saturated carbocycles. The molecule has 0 radical (unpaired) electrons. The third-order valence-electron chi connectivity index (χ3n) is 2.70. The van der Waals surface area contributed by atoms with E-state index >= 15 is 0 Å². The van der Waals surface area contributed by atoms with Gasteiger partial charge in [0.25, 0.3) is 0 Å². The fourth-order valence-corrected chi connectivity index (χ4v) is 2.44. The average molecular weight is 296 g/mol. The minimum absolute atomic E-state index is 0.127. The molecule has 1 aromatic heterocycles. The number of hydrogen-bond donors (Lipinski definition) is 2. The van der Waals surface area contributed by atoms with E-state index in [2.05, 4.69) is 10.3 Å². The summed E-state index contributed by atoms with van der Waals surface area (Å²) in [5.41, 5.74) is 0.975. The lowest BCUT2D eigenvalue weighted by atomic mass is 10.0. The van der Waals surface area contributed by atoms with Crippen LogP contribution in [0.5, 0.6) is 0 Å². The molecule has 0 aromatic carbocycles. The van der Waals surface area contributed by atoms with Gasteiger partial charge in [-0.25, -0.2) is 4.79 Å². The SMILES string of the molecule is CC(C)[C@H](NC(=O)CCSCc1ccccn1)C(=O)O.